The molecular formula is C19H21NO4S. The Morgan fingerprint density at radius 1 is 1.32 bits per heavy atom. The van der Waals surface area contributed by atoms with Crippen LogP contribution in [-0.2, 0) is 17.6 Å². The van der Waals surface area contributed by atoms with Gasteiger partial charge >= 0.3 is 5.97 Å². The zero-order valence-corrected chi connectivity index (χ0v) is 15.1. The van der Waals surface area contributed by atoms with Crippen molar-refractivity contribution in [3.05, 3.63) is 45.6 Å². The highest BCUT2D eigenvalue weighted by Crippen LogP contribution is 2.34. The number of amides is 1. The molecule has 0 aliphatic heterocycles. The fourth-order valence-electron chi connectivity index (χ4n) is 3.07. The van der Waals surface area contributed by atoms with Crippen molar-refractivity contribution in [3.8, 4) is 5.75 Å². The number of rotatable bonds is 5. The number of hydrogen-bond acceptors (Lipinski definition) is 4. The number of benzene rings is 1. The van der Waals surface area contributed by atoms with Gasteiger partial charge in [-0.3, -0.25) is 4.79 Å². The second-order valence-corrected chi connectivity index (χ2v) is 7.40. The van der Waals surface area contributed by atoms with Crippen molar-refractivity contribution in [2.75, 3.05) is 18.6 Å². The van der Waals surface area contributed by atoms with E-state index >= 15 is 0 Å². The van der Waals surface area contributed by atoms with Gasteiger partial charge in [-0.15, -0.1) is 11.3 Å². The fraction of sp³-hybridized carbons (Fsp3) is 0.368. The van der Waals surface area contributed by atoms with E-state index in [1.54, 1.807) is 47.5 Å². The van der Waals surface area contributed by atoms with Crippen LogP contribution in [0.3, 0.4) is 0 Å². The van der Waals surface area contributed by atoms with Crippen LogP contribution in [0.4, 0.5) is 5.69 Å². The molecule has 25 heavy (non-hydrogen) atoms. The molecule has 1 N–H and O–H groups in total. The zero-order chi connectivity index (χ0) is 18.0. The summed E-state index contributed by atoms with van der Waals surface area (Å²) in [6.07, 6.45) is 3.16. The summed E-state index contributed by atoms with van der Waals surface area (Å²) < 4.78 is 5.12. The molecule has 0 saturated carbocycles. The number of aliphatic carboxylic acids is 1. The molecule has 1 atom stereocenters. The molecule has 0 bridgehead atoms. The molecule has 2 aromatic rings. The molecule has 132 valence electrons. The summed E-state index contributed by atoms with van der Waals surface area (Å²) in [5.41, 5.74) is 2.76. The van der Waals surface area contributed by atoms with E-state index in [9.17, 15) is 9.59 Å². The molecule has 1 aromatic heterocycles. The largest absolute Gasteiger partial charge is 0.482 e. The van der Waals surface area contributed by atoms with Gasteiger partial charge in [-0.25, -0.2) is 4.79 Å². The van der Waals surface area contributed by atoms with Crippen molar-refractivity contribution < 1.29 is 19.4 Å². The lowest BCUT2D eigenvalue weighted by atomic mass is 9.88. The average molecular weight is 359 g/mol. The second kappa shape index (κ2) is 7.27. The number of carboxylic acids is 1. The number of anilines is 1. The van der Waals surface area contributed by atoms with Crippen LogP contribution in [0.2, 0.25) is 0 Å². The van der Waals surface area contributed by atoms with Gasteiger partial charge in [0.25, 0.3) is 5.91 Å². The maximum Gasteiger partial charge on any atom is 0.341 e. The standard InChI is InChI=1S/C19H21NO4S/c1-12-3-8-15-16(11-25-17(15)9-12)19(23)20(2)13-4-6-14(7-5-13)24-10-18(21)22/h4-7,11-12H,3,8-10H2,1-2H3,(H,21,22). The predicted molar refractivity (Wildman–Crippen MR) is 97.8 cm³/mol. The summed E-state index contributed by atoms with van der Waals surface area (Å²) in [7, 11) is 1.75. The predicted octanol–water partition coefficient (Wildman–Crippen LogP) is 3.61. The number of ether oxygens (including phenoxy) is 1. The van der Waals surface area contributed by atoms with Gasteiger partial charge in [-0.2, -0.15) is 0 Å². The lowest BCUT2D eigenvalue weighted by Gasteiger charge is -2.21. The number of carbonyl (C=O) groups excluding carboxylic acids is 1. The topological polar surface area (TPSA) is 66.8 Å². The van der Waals surface area contributed by atoms with E-state index < -0.39 is 5.97 Å². The Kier molecular flexibility index (Phi) is 5.08. The molecule has 1 heterocycles. The van der Waals surface area contributed by atoms with E-state index in [1.165, 1.54) is 10.4 Å². The van der Waals surface area contributed by atoms with Crippen LogP contribution in [0, 0.1) is 5.92 Å². The van der Waals surface area contributed by atoms with Gasteiger partial charge in [-0.05, 0) is 55.0 Å². The molecule has 3 rings (SSSR count). The molecule has 1 aliphatic carbocycles. The maximum atomic E-state index is 12.9. The first-order valence-electron chi connectivity index (χ1n) is 8.27. The molecule has 1 unspecified atom stereocenters. The summed E-state index contributed by atoms with van der Waals surface area (Å²) in [6.45, 7) is 1.87. The third-order valence-electron chi connectivity index (χ3n) is 4.52. The van der Waals surface area contributed by atoms with Crippen molar-refractivity contribution in [1.82, 2.24) is 0 Å². The Hall–Kier alpha value is -2.34. The van der Waals surface area contributed by atoms with Crippen LogP contribution in [0.15, 0.2) is 29.6 Å². The van der Waals surface area contributed by atoms with Crippen LogP contribution in [0.25, 0.3) is 0 Å². The summed E-state index contributed by atoms with van der Waals surface area (Å²) in [5.74, 6) is 0.123. The van der Waals surface area contributed by atoms with E-state index in [-0.39, 0.29) is 12.5 Å². The highest BCUT2D eigenvalue weighted by atomic mass is 32.1. The van der Waals surface area contributed by atoms with Crippen molar-refractivity contribution in [2.24, 2.45) is 5.92 Å². The molecular weight excluding hydrogens is 338 g/mol. The minimum atomic E-state index is -1.02. The Labute approximate surface area is 150 Å². The van der Waals surface area contributed by atoms with Crippen molar-refractivity contribution in [2.45, 2.75) is 26.2 Å². The first-order chi connectivity index (χ1) is 12.0. The van der Waals surface area contributed by atoms with Gasteiger partial charge in [0.15, 0.2) is 6.61 Å². The van der Waals surface area contributed by atoms with Crippen LogP contribution < -0.4 is 9.64 Å². The van der Waals surface area contributed by atoms with Gasteiger partial charge in [0, 0.05) is 23.0 Å². The zero-order valence-electron chi connectivity index (χ0n) is 14.3. The van der Waals surface area contributed by atoms with Gasteiger partial charge in [-0.1, -0.05) is 6.92 Å². The smallest absolute Gasteiger partial charge is 0.341 e. The lowest BCUT2D eigenvalue weighted by molar-refractivity contribution is -0.139. The molecule has 0 spiro atoms. The number of nitrogens with zero attached hydrogens (tertiary/aromatic N) is 1. The van der Waals surface area contributed by atoms with E-state index in [4.69, 9.17) is 9.84 Å². The molecule has 0 radical (unpaired) electrons. The minimum absolute atomic E-state index is 0.00810. The number of hydrogen-bond donors (Lipinski definition) is 1. The Balaban J connectivity index is 1.73. The summed E-state index contributed by atoms with van der Waals surface area (Å²) in [5, 5.41) is 10.6. The van der Waals surface area contributed by atoms with Crippen molar-refractivity contribution in [1.29, 1.82) is 0 Å². The van der Waals surface area contributed by atoms with Crippen molar-refractivity contribution >= 4 is 28.9 Å². The third-order valence-corrected chi connectivity index (χ3v) is 5.57. The van der Waals surface area contributed by atoms with E-state index in [2.05, 4.69) is 6.92 Å². The van der Waals surface area contributed by atoms with Gasteiger partial charge in [0.2, 0.25) is 0 Å². The monoisotopic (exact) mass is 359 g/mol. The van der Waals surface area contributed by atoms with Crippen LogP contribution in [-0.4, -0.2) is 30.6 Å². The molecule has 1 aliphatic rings. The van der Waals surface area contributed by atoms with Crippen LogP contribution in [0.1, 0.15) is 34.1 Å². The molecule has 6 heteroatoms. The quantitative estimate of drug-likeness (QED) is 0.885. The maximum absolute atomic E-state index is 12.9. The molecule has 1 amide bonds. The summed E-state index contributed by atoms with van der Waals surface area (Å²) in [4.78, 5) is 26.4. The van der Waals surface area contributed by atoms with E-state index in [1.807, 2.05) is 5.38 Å². The van der Waals surface area contributed by atoms with Crippen molar-refractivity contribution in [3.63, 3.8) is 0 Å². The van der Waals surface area contributed by atoms with Gasteiger partial charge < -0.3 is 14.7 Å². The summed E-state index contributed by atoms with van der Waals surface area (Å²) >= 11 is 1.69. The highest BCUT2D eigenvalue weighted by molar-refractivity contribution is 7.10. The molecule has 1 aromatic carbocycles. The number of thiophene rings is 1. The molecule has 0 fully saturated rings. The minimum Gasteiger partial charge on any atom is -0.482 e. The first-order valence-corrected chi connectivity index (χ1v) is 9.15. The average Bonchev–Trinajstić information content (AvgIpc) is 3.02. The van der Waals surface area contributed by atoms with E-state index in [0.717, 1.165) is 30.5 Å². The summed E-state index contributed by atoms with van der Waals surface area (Å²) in [6, 6.07) is 6.87. The van der Waals surface area contributed by atoms with E-state index in [0.29, 0.717) is 11.7 Å². The lowest BCUT2D eigenvalue weighted by Crippen LogP contribution is -2.27. The van der Waals surface area contributed by atoms with Crippen LogP contribution in [0.5, 0.6) is 5.75 Å². The second-order valence-electron chi connectivity index (χ2n) is 6.44. The first kappa shape index (κ1) is 17.5. The fourth-order valence-corrected chi connectivity index (χ4v) is 4.30. The highest BCUT2D eigenvalue weighted by Gasteiger charge is 2.25. The van der Waals surface area contributed by atoms with Gasteiger partial charge in [0.05, 0.1) is 5.56 Å². The molecule has 0 saturated heterocycles. The normalized spacial score (nSPS) is 16.2. The molecule has 5 nitrogen and oxygen atoms in total. The number of carboxylic acid groups (broad SMARTS) is 1. The number of carbonyl (C=O) groups is 2. The SMILES string of the molecule is CC1CCc2c(C(=O)N(C)c3ccc(OCC(=O)O)cc3)csc2C1. The Morgan fingerprint density at radius 2 is 2.04 bits per heavy atom. The third kappa shape index (κ3) is 3.85. The number of fused-ring (bicyclic) bond motifs is 1. The Bertz CT molecular complexity index is 781. The van der Waals surface area contributed by atoms with Gasteiger partial charge in [0.1, 0.15) is 5.75 Å². The Morgan fingerprint density at radius 3 is 2.72 bits per heavy atom. The van der Waals surface area contributed by atoms with Crippen LogP contribution >= 0.6 is 11.3 Å².